The Morgan fingerprint density at radius 3 is 2.46 bits per heavy atom. The third kappa shape index (κ3) is 3.90. The molecule has 0 aliphatic heterocycles. The first kappa shape index (κ1) is 20.0. The normalized spacial score (nSPS) is 11.2. The lowest BCUT2D eigenvalue weighted by Crippen LogP contribution is -2.20. The second-order valence-electron chi connectivity index (χ2n) is 7.20. The molecule has 0 aliphatic rings. The molecule has 5 heteroatoms. The molecule has 1 heterocycles. The summed E-state index contributed by atoms with van der Waals surface area (Å²) in [6.07, 6.45) is 4.48. The van der Waals surface area contributed by atoms with Gasteiger partial charge in [0.2, 0.25) is 0 Å². The van der Waals surface area contributed by atoms with E-state index in [9.17, 15) is 5.26 Å². The zero-order valence-corrected chi connectivity index (χ0v) is 17.2. The van der Waals surface area contributed by atoms with Gasteiger partial charge in [-0.25, -0.2) is 0 Å². The van der Waals surface area contributed by atoms with Crippen molar-refractivity contribution in [2.75, 3.05) is 12.5 Å². The van der Waals surface area contributed by atoms with E-state index in [1.54, 1.807) is 0 Å². The average molecular weight is 394 g/mol. The van der Waals surface area contributed by atoms with Crippen molar-refractivity contribution in [3.8, 4) is 22.9 Å². The van der Waals surface area contributed by atoms with E-state index in [0.717, 1.165) is 28.7 Å². The van der Waals surface area contributed by atoms with Gasteiger partial charge in [-0.05, 0) is 34.7 Å². The quantitative estimate of drug-likeness (QED) is 0.542. The molecule has 0 saturated heterocycles. The van der Waals surface area contributed by atoms with Crippen LogP contribution >= 0.6 is 11.6 Å². The first-order valence-electron chi connectivity index (χ1n) is 9.37. The molecule has 0 atom stereocenters. The van der Waals surface area contributed by atoms with Crippen molar-refractivity contribution in [1.82, 2.24) is 10.2 Å². The fraction of sp³-hybridized carbons (Fsp3) is 0.304. The summed E-state index contributed by atoms with van der Waals surface area (Å²) < 4.78 is 5.77. The fourth-order valence-corrected chi connectivity index (χ4v) is 3.44. The SMILES string of the molecule is CCc1cc(C(C)(C)c2ccc(-c3cn[nH]c3)cc2)cc(C#N)c1OCCCl. The molecule has 2 aromatic carbocycles. The molecule has 3 aromatic rings. The minimum Gasteiger partial charge on any atom is -0.491 e. The zero-order chi connectivity index (χ0) is 20.1. The highest BCUT2D eigenvalue weighted by atomic mass is 35.5. The lowest BCUT2D eigenvalue weighted by atomic mass is 9.76. The van der Waals surface area contributed by atoms with Crippen molar-refractivity contribution < 1.29 is 4.74 Å². The van der Waals surface area contributed by atoms with Crippen molar-refractivity contribution >= 4 is 11.6 Å². The molecule has 1 N–H and O–H groups in total. The van der Waals surface area contributed by atoms with Gasteiger partial charge in [-0.1, -0.05) is 51.1 Å². The van der Waals surface area contributed by atoms with Crippen molar-refractivity contribution in [2.45, 2.75) is 32.6 Å². The lowest BCUT2D eigenvalue weighted by molar-refractivity contribution is 0.338. The molecule has 0 spiro atoms. The number of ether oxygens (including phenoxy) is 1. The summed E-state index contributed by atoms with van der Waals surface area (Å²) in [5, 5.41) is 16.5. The van der Waals surface area contributed by atoms with Gasteiger partial charge in [0.25, 0.3) is 0 Å². The van der Waals surface area contributed by atoms with Gasteiger partial charge in [-0.2, -0.15) is 10.4 Å². The fourth-order valence-electron chi connectivity index (χ4n) is 3.36. The number of aryl methyl sites for hydroxylation is 1. The zero-order valence-electron chi connectivity index (χ0n) is 16.4. The summed E-state index contributed by atoms with van der Waals surface area (Å²) in [6, 6.07) is 14.9. The van der Waals surface area contributed by atoms with Gasteiger partial charge in [0.1, 0.15) is 18.4 Å². The minimum atomic E-state index is -0.255. The first-order chi connectivity index (χ1) is 13.5. The van der Waals surface area contributed by atoms with Crippen molar-refractivity contribution in [3.63, 3.8) is 0 Å². The van der Waals surface area contributed by atoms with Gasteiger partial charge >= 0.3 is 0 Å². The van der Waals surface area contributed by atoms with Crippen LogP contribution in [-0.4, -0.2) is 22.7 Å². The summed E-state index contributed by atoms with van der Waals surface area (Å²) in [5.74, 6) is 1.05. The number of aromatic amines is 1. The number of nitriles is 1. The molecule has 28 heavy (non-hydrogen) atoms. The molecule has 0 radical (unpaired) electrons. The van der Waals surface area contributed by atoms with Gasteiger partial charge in [-0.3, -0.25) is 5.10 Å². The van der Waals surface area contributed by atoms with E-state index >= 15 is 0 Å². The molecule has 3 rings (SSSR count). The molecule has 0 amide bonds. The molecular weight excluding hydrogens is 370 g/mol. The topological polar surface area (TPSA) is 61.7 Å². The highest BCUT2D eigenvalue weighted by molar-refractivity contribution is 6.18. The van der Waals surface area contributed by atoms with Crippen molar-refractivity contribution in [2.24, 2.45) is 0 Å². The number of aromatic nitrogens is 2. The van der Waals surface area contributed by atoms with Gasteiger partial charge < -0.3 is 4.74 Å². The predicted molar refractivity (Wildman–Crippen MR) is 113 cm³/mol. The molecule has 0 unspecified atom stereocenters. The van der Waals surface area contributed by atoms with Gasteiger partial charge in [0, 0.05) is 17.2 Å². The number of nitrogens with one attached hydrogen (secondary N) is 1. The van der Waals surface area contributed by atoms with Crippen LogP contribution in [0.4, 0.5) is 0 Å². The average Bonchev–Trinajstić information content (AvgIpc) is 3.26. The summed E-state index contributed by atoms with van der Waals surface area (Å²) in [5.41, 5.74) is 5.78. The van der Waals surface area contributed by atoms with Gasteiger partial charge in [0.15, 0.2) is 0 Å². The summed E-state index contributed by atoms with van der Waals surface area (Å²) in [4.78, 5) is 0. The van der Waals surface area contributed by atoms with Crippen LogP contribution < -0.4 is 4.74 Å². The molecule has 1 aromatic heterocycles. The molecular formula is C23H24ClN3O. The summed E-state index contributed by atoms with van der Waals surface area (Å²) in [6.45, 7) is 6.81. The lowest BCUT2D eigenvalue weighted by Gasteiger charge is -2.28. The smallest absolute Gasteiger partial charge is 0.140 e. The maximum atomic E-state index is 9.67. The highest BCUT2D eigenvalue weighted by Gasteiger charge is 2.26. The van der Waals surface area contributed by atoms with Crippen LogP contribution in [0.3, 0.4) is 0 Å². The standard InChI is InChI=1S/C23H24ClN3O/c1-4-16-11-21(12-18(13-25)22(16)28-10-9-24)23(2,3)20-7-5-17(6-8-20)19-14-26-27-15-19/h5-8,11-12,14-15H,4,9-10H2,1-3H3,(H,26,27). The third-order valence-corrected chi connectivity index (χ3v) is 5.30. The van der Waals surface area contributed by atoms with Crippen LogP contribution in [0.15, 0.2) is 48.8 Å². The number of rotatable bonds is 7. The Kier molecular flexibility index (Phi) is 6.06. The minimum absolute atomic E-state index is 0.255. The number of halogens is 1. The van der Waals surface area contributed by atoms with E-state index in [1.807, 2.05) is 18.5 Å². The number of hydrogen-bond donors (Lipinski definition) is 1. The number of hydrogen-bond acceptors (Lipinski definition) is 3. The predicted octanol–water partition coefficient (Wildman–Crippen LogP) is 5.45. The van der Waals surface area contributed by atoms with E-state index < -0.39 is 0 Å². The summed E-state index contributed by atoms with van der Waals surface area (Å²) in [7, 11) is 0. The van der Waals surface area contributed by atoms with E-state index in [4.69, 9.17) is 16.3 Å². The third-order valence-electron chi connectivity index (χ3n) is 5.15. The number of nitrogens with zero attached hydrogens (tertiary/aromatic N) is 2. The molecule has 0 aliphatic carbocycles. The van der Waals surface area contributed by atoms with Crippen LogP contribution in [-0.2, 0) is 11.8 Å². The molecule has 0 saturated carbocycles. The Bertz CT molecular complexity index is 970. The van der Waals surface area contributed by atoms with Crippen LogP contribution in [0.25, 0.3) is 11.1 Å². The van der Waals surface area contributed by atoms with Crippen LogP contribution in [0.5, 0.6) is 5.75 Å². The van der Waals surface area contributed by atoms with Crippen LogP contribution in [0.2, 0.25) is 0 Å². The molecule has 144 valence electrons. The van der Waals surface area contributed by atoms with Gasteiger partial charge in [-0.15, -0.1) is 11.6 Å². The summed E-state index contributed by atoms with van der Waals surface area (Å²) >= 11 is 5.76. The van der Waals surface area contributed by atoms with Crippen molar-refractivity contribution in [1.29, 1.82) is 5.26 Å². The maximum absolute atomic E-state index is 9.67. The Morgan fingerprint density at radius 1 is 1.14 bits per heavy atom. The monoisotopic (exact) mass is 393 g/mol. The number of benzene rings is 2. The van der Waals surface area contributed by atoms with Crippen LogP contribution in [0.1, 0.15) is 43.0 Å². The Labute approximate surface area is 171 Å². The highest BCUT2D eigenvalue weighted by Crippen LogP contribution is 2.37. The van der Waals surface area contributed by atoms with E-state index in [2.05, 4.69) is 67.4 Å². The Morgan fingerprint density at radius 2 is 1.89 bits per heavy atom. The number of alkyl halides is 1. The van der Waals surface area contributed by atoms with Gasteiger partial charge in [0.05, 0.1) is 17.6 Å². The van der Waals surface area contributed by atoms with Crippen molar-refractivity contribution in [3.05, 3.63) is 71.0 Å². The second kappa shape index (κ2) is 8.50. The maximum Gasteiger partial charge on any atom is 0.140 e. The second-order valence-corrected chi connectivity index (χ2v) is 7.58. The molecule has 0 fully saturated rings. The first-order valence-corrected chi connectivity index (χ1v) is 9.90. The largest absolute Gasteiger partial charge is 0.491 e. The molecule has 4 nitrogen and oxygen atoms in total. The number of H-pyrrole nitrogens is 1. The molecule has 0 bridgehead atoms. The van der Waals surface area contributed by atoms with E-state index in [0.29, 0.717) is 23.8 Å². The van der Waals surface area contributed by atoms with Crippen LogP contribution in [0, 0.1) is 11.3 Å². The Hall–Kier alpha value is -2.77. The Balaban J connectivity index is 2.00. The van der Waals surface area contributed by atoms with E-state index in [-0.39, 0.29) is 5.41 Å². The van der Waals surface area contributed by atoms with E-state index in [1.165, 1.54) is 5.56 Å².